The summed E-state index contributed by atoms with van der Waals surface area (Å²) in [6.45, 7) is 0.965. The van der Waals surface area contributed by atoms with Crippen LogP contribution in [-0.2, 0) is 0 Å². The molecular weight excluding hydrogens is 272 g/mol. The maximum absolute atomic E-state index is 5.37. The molecular formula is C15H22N2S2. The highest BCUT2D eigenvalue weighted by molar-refractivity contribution is 8.00. The SMILES string of the molecule is CSC1(CNC(=S)Nc2ccccc2)CCCCC1. The normalized spacial score (nSPS) is 17.7. The standard InChI is InChI=1S/C15H22N2S2/c1-19-15(10-6-3-7-11-15)12-16-14(18)17-13-8-4-2-5-9-13/h2,4-5,8-9H,3,6-7,10-12H2,1H3,(H2,16,17,18). The average molecular weight is 294 g/mol. The predicted octanol–water partition coefficient (Wildman–Crippen LogP) is 4.04. The first-order chi connectivity index (χ1) is 9.24. The van der Waals surface area contributed by atoms with Gasteiger partial charge >= 0.3 is 0 Å². The fourth-order valence-corrected chi connectivity index (χ4v) is 3.69. The van der Waals surface area contributed by atoms with Gasteiger partial charge in [-0.05, 0) is 43.4 Å². The molecule has 2 rings (SSSR count). The fraction of sp³-hybridized carbons (Fsp3) is 0.533. The summed E-state index contributed by atoms with van der Waals surface area (Å²) in [5, 5.41) is 7.35. The lowest BCUT2D eigenvalue weighted by molar-refractivity contribution is 0.395. The molecule has 0 amide bonds. The number of hydrogen-bond acceptors (Lipinski definition) is 2. The highest BCUT2D eigenvalue weighted by atomic mass is 32.2. The minimum absolute atomic E-state index is 0.376. The van der Waals surface area contributed by atoms with E-state index in [1.165, 1.54) is 32.1 Å². The largest absolute Gasteiger partial charge is 0.361 e. The number of thiocarbonyl (C=S) groups is 1. The molecule has 0 aromatic heterocycles. The van der Waals surface area contributed by atoms with Crippen LogP contribution in [0.5, 0.6) is 0 Å². The number of hydrogen-bond donors (Lipinski definition) is 2. The first-order valence-corrected chi connectivity index (χ1v) is 8.52. The molecule has 104 valence electrons. The van der Waals surface area contributed by atoms with Crippen molar-refractivity contribution < 1.29 is 0 Å². The monoisotopic (exact) mass is 294 g/mol. The average Bonchev–Trinajstić information content (AvgIpc) is 2.47. The molecule has 0 bridgehead atoms. The first-order valence-electron chi connectivity index (χ1n) is 6.89. The van der Waals surface area contributed by atoms with Gasteiger partial charge in [0.15, 0.2) is 5.11 Å². The summed E-state index contributed by atoms with van der Waals surface area (Å²) >= 11 is 7.36. The van der Waals surface area contributed by atoms with E-state index < -0.39 is 0 Å². The topological polar surface area (TPSA) is 24.1 Å². The molecule has 4 heteroatoms. The minimum Gasteiger partial charge on any atom is -0.361 e. The highest BCUT2D eigenvalue weighted by Crippen LogP contribution is 2.37. The summed E-state index contributed by atoms with van der Waals surface area (Å²) in [7, 11) is 0. The lowest BCUT2D eigenvalue weighted by Gasteiger charge is -2.36. The van der Waals surface area contributed by atoms with Gasteiger partial charge < -0.3 is 10.6 Å². The molecule has 1 aromatic carbocycles. The Kier molecular flexibility index (Phi) is 5.52. The minimum atomic E-state index is 0.376. The van der Waals surface area contributed by atoms with Gasteiger partial charge in [-0.15, -0.1) is 0 Å². The zero-order valence-corrected chi connectivity index (χ0v) is 13.1. The quantitative estimate of drug-likeness (QED) is 0.819. The number of thioether (sulfide) groups is 1. The Bertz CT molecular complexity index is 400. The van der Waals surface area contributed by atoms with Crippen LogP contribution in [0.1, 0.15) is 32.1 Å². The Morgan fingerprint density at radius 2 is 1.89 bits per heavy atom. The second kappa shape index (κ2) is 7.15. The molecule has 1 aliphatic rings. The molecule has 0 atom stereocenters. The van der Waals surface area contributed by atoms with Crippen LogP contribution in [0.15, 0.2) is 30.3 Å². The first kappa shape index (κ1) is 14.7. The summed E-state index contributed by atoms with van der Waals surface area (Å²) in [4.78, 5) is 0. The molecule has 19 heavy (non-hydrogen) atoms. The summed E-state index contributed by atoms with van der Waals surface area (Å²) in [6, 6.07) is 10.1. The van der Waals surface area contributed by atoms with Gasteiger partial charge in [0.1, 0.15) is 0 Å². The van der Waals surface area contributed by atoms with Gasteiger partial charge in [-0.25, -0.2) is 0 Å². The summed E-state index contributed by atoms with van der Waals surface area (Å²) < 4.78 is 0.376. The van der Waals surface area contributed by atoms with Crippen molar-refractivity contribution in [2.45, 2.75) is 36.9 Å². The van der Waals surface area contributed by atoms with Crippen molar-refractivity contribution in [1.82, 2.24) is 5.32 Å². The molecule has 2 N–H and O–H groups in total. The third-order valence-corrected chi connectivity index (χ3v) is 5.47. The van der Waals surface area contributed by atoms with E-state index in [-0.39, 0.29) is 0 Å². The Morgan fingerprint density at radius 1 is 1.21 bits per heavy atom. The van der Waals surface area contributed by atoms with Gasteiger partial charge in [-0.2, -0.15) is 11.8 Å². The zero-order chi connectivity index (χ0) is 13.6. The van der Waals surface area contributed by atoms with Crippen LogP contribution in [-0.4, -0.2) is 22.7 Å². The molecule has 0 aliphatic heterocycles. The number of rotatable bonds is 4. The molecule has 0 heterocycles. The van der Waals surface area contributed by atoms with Crippen LogP contribution >= 0.6 is 24.0 Å². The van der Waals surface area contributed by atoms with Crippen LogP contribution in [0.3, 0.4) is 0 Å². The molecule has 1 aliphatic carbocycles. The third kappa shape index (κ3) is 4.39. The smallest absolute Gasteiger partial charge is 0.170 e. The Balaban J connectivity index is 1.82. The van der Waals surface area contributed by atoms with E-state index in [0.29, 0.717) is 4.75 Å². The molecule has 0 spiro atoms. The highest BCUT2D eigenvalue weighted by Gasteiger charge is 2.30. The van der Waals surface area contributed by atoms with Gasteiger partial charge in [0, 0.05) is 17.0 Å². The lowest BCUT2D eigenvalue weighted by Crippen LogP contribution is -2.43. The van der Waals surface area contributed by atoms with Crippen LogP contribution in [0.2, 0.25) is 0 Å². The Morgan fingerprint density at radius 3 is 2.53 bits per heavy atom. The van der Waals surface area contributed by atoms with E-state index in [1.807, 2.05) is 42.1 Å². The van der Waals surface area contributed by atoms with Gasteiger partial charge in [-0.3, -0.25) is 0 Å². The van der Waals surface area contributed by atoms with E-state index in [9.17, 15) is 0 Å². The number of anilines is 1. The van der Waals surface area contributed by atoms with Gasteiger partial charge in [0.05, 0.1) is 0 Å². The second-order valence-electron chi connectivity index (χ2n) is 5.12. The molecule has 0 saturated heterocycles. The lowest BCUT2D eigenvalue weighted by atomic mass is 9.88. The van der Waals surface area contributed by atoms with E-state index in [0.717, 1.165) is 17.3 Å². The number of para-hydroxylation sites is 1. The predicted molar refractivity (Wildman–Crippen MR) is 90.0 cm³/mol. The molecule has 2 nitrogen and oxygen atoms in total. The maximum Gasteiger partial charge on any atom is 0.170 e. The van der Waals surface area contributed by atoms with Crippen LogP contribution in [0.4, 0.5) is 5.69 Å². The molecule has 1 saturated carbocycles. The van der Waals surface area contributed by atoms with Crippen LogP contribution in [0.25, 0.3) is 0 Å². The Hall–Kier alpha value is -0.740. The van der Waals surface area contributed by atoms with Gasteiger partial charge in [-0.1, -0.05) is 37.5 Å². The van der Waals surface area contributed by atoms with E-state index in [2.05, 4.69) is 16.9 Å². The number of nitrogens with one attached hydrogen (secondary N) is 2. The van der Waals surface area contributed by atoms with Crippen LogP contribution in [0, 0.1) is 0 Å². The van der Waals surface area contributed by atoms with Crippen molar-refractivity contribution in [1.29, 1.82) is 0 Å². The van der Waals surface area contributed by atoms with Crippen molar-refractivity contribution in [3.05, 3.63) is 30.3 Å². The summed E-state index contributed by atoms with van der Waals surface area (Å²) in [5.74, 6) is 0. The number of benzene rings is 1. The van der Waals surface area contributed by atoms with E-state index in [1.54, 1.807) is 0 Å². The van der Waals surface area contributed by atoms with Crippen molar-refractivity contribution in [3.8, 4) is 0 Å². The van der Waals surface area contributed by atoms with Crippen molar-refractivity contribution in [2.24, 2.45) is 0 Å². The third-order valence-electron chi connectivity index (χ3n) is 3.80. The van der Waals surface area contributed by atoms with Crippen molar-refractivity contribution >= 4 is 34.8 Å². The van der Waals surface area contributed by atoms with Crippen LogP contribution < -0.4 is 10.6 Å². The fourth-order valence-electron chi connectivity index (χ4n) is 2.59. The Labute approximate surface area is 125 Å². The molecule has 1 aromatic rings. The summed E-state index contributed by atoms with van der Waals surface area (Å²) in [6.07, 6.45) is 8.91. The zero-order valence-electron chi connectivity index (χ0n) is 11.4. The van der Waals surface area contributed by atoms with Gasteiger partial charge in [0.25, 0.3) is 0 Å². The van der Waals surface area contributed by atoms with Gasteiger partial charge in [0.2, 0.25) is 0 Å². The molecule has 0 radical (unpaired) electrons. The maximum atomic E-state index is 5.37. The second-order valence-corrected chi connectivity index (χ2v) is 6.80. The van der Waals surface area contributed by atoms with Crippen molar-refractivity contribution in [3.63, 3.8) is 0 Å². The summed E-state index contributed by atoms with van der Waals surface area (Å²) in [5.41, 5.74) is 1.04. The van der Waals surface area contributed by atoms with E-state index in [4.69, 9.17) is 12.2 Å². The van der Waals surface area contributed by atoms with E-state index >= 15 is 0 Å². The molecule has 0 unspecified atom stereocenters. The van der Waals surface area contributed by atoms with Crippen molar-refractivity contribution in [2.75, 3.05) is 18.1 Å². The molecule has 1 fully saturated rings.